The lowest BCUT2D eigenvalue weighted by atomic mass is 10.1. The molecule has 1 aliphatic heterocycles. The molecule has 0 bridgehead atoms. The van der Waals surface area contributed by atoms with Crippen LogP contribution in [-0.4, -0.2) is 22.8 Å². The molecule has 0 spiro atoms. The number of nitrogens with zero attached hydrogens (tertiary/aromatic N) is 1. The Hall–Kier alpha value is -1.88. The van der Waals surface area contributed by atoms with E-state index < -0.39 is 17.8 Å². The van der Waals surface area contributed by atoms with Gasteiger partial charge in [0.15, 0.2) is 0 Å². The molecule has 1 aromatic carbocycles. The molecule has 1 aliphatic rings. The van der Waals surface area contributed by atoms with Crippen molar-refractivity contribution in [2.45, 2.75) is 18.7 Å². The molecule has 0 aromatic heterocycles. The second-order valence-electron chi connectivity index (χ2n) is 3.79. The van der Waals surface area contributed by atoms with Crippen molar-refractivity contribution >= 4 is 29.4 Å². The zero-order valence-corrected chi connectivity index (χ0v) is 10.1. The van der Waals surface area contributed by atoms with Gasteiger partial charge in [-0.15, -0.1) is 16.7 Å². The zero-order valence-electron chi connectivity index (χ0n) is 9.39. The summed E-state index contributed by atoms with van der Waals surface area (Å²) in [5.74, 6) is -1.38. The van der Waals surface area contributed by atoms with Crippen LogP contribution in [0.15, 0.2) is 24.3 Å². The number of hydroxylamine groups is 2. The van der Waals surface area contributed by atoms with Gasteiger partial charge in [-0.25, -0.2) is 4.79 Å². The summed E-state index contributed by atoms with van der Waals surface area (Å²) in [6.45, 7) is 0. The Morgan fingerprint density at radius 1 is 1.17 bits per heavy atom. The summed E-state index contributed by atoms with van der Waals surface area (Å²) in [6, 6.07) is 6.42. The Morgan fingerprint density at radius 2 is 1.72 bits per heavy atom. The second-order valence-corrected chi connectivity index (χ2v) is 4.06. The van der Waals surface area contributed by atoms with E-state index in [0.717, 1.165) is 5.56 Å². The molecule has 1 heterocycles. The number of alkyl halides is 1. The summed E-state index contributed by atoms with van der Waals surface area (Å²) < 4.78 is 0. The van der Waals surface area contributed by atoms with E-state index in [1.807, 2.05) is 0 Å². The highest BCUT2D eigenvalue weighted by molar-refractivity contribution is 6.17. The summed E-state index contributed by atoms with van der Waals surface area (Å²) >= 11 is 5.62. The maximum atomic E-state index is 11.7. The van der Waals surface area contributed by atoms with Crippen molar-refractivity contribution < 1.29 is 19.2 Å². The summed E-state index contributed by atoms with van der Waals surface area (Å²) in [6.07, 6.45) is 0.161. The number of benzene rings is 1. The van der Waals surface area contributed by atoms with Crippen LogP contribution in [0.4, 0.5) is 0 Å². The van der Waals surface area contributed by atoms with Crippen LogP contribution in [0.3, 0.4) is 0 Å². The van der Waals surface area contributed by atoms with Crippen molar-refractivity contribution in [3.05, 3.63) is 35.4 Å². The molecular weight excluding hydrogens is 258 g/mol. The Kier molecular flexibility index (Phi) is 3.62. The molecule has 94 valence electrons. The highest BCUT2D eigenvalue weighted by Crippen LogP contribution is 2.15. The van der Waals surface area contributed by atoms with E-state index in [2.05, 4.69) is 0 Å². The van der Waals surface area contributed by atoms with E-state index in [0.29, 0.717) is 10.9 Å². The summed E-state index contributed by atoms with van der Waals surface area (Å²) in [5.41, 5.74) is 1.12. The normalized spacial score (nSPS) is 15.1. The van der Waals surface area contributed by atoms with Gasteiger partial charge in [0.05, 0.1) is 5.56 Å². The van der Waals surface area contributed by atoms with Gasteiger partial charge < -0.3 is 4.84 Å². The maximum Gasteiger partial charge on any atom is 0.363 e. The van der Waals surface area contributed by atoms with Crippen LogP contribution in [0.2, 0.25) is 0 Å². The van der Waals surface area contributed by atoms with E-state index in [1.54, 1.807) is 12.1 Å². The lowest BCUT2D eigenvalue weighted by molar-refractivity contribution is -0.172. The molecule has 0 saturated carbocycles. The van der Waals surface area contributed by atoms with Gasteiger partial charge in [0.1, 0.15) is 0 Å². The molecule has 2 rings (SSSR count). The van der Waals surface area contributed by atoms with Crippen LogP contribution in [0.1, 0.15) is 28.8 Å². The molecule has 6 heteroatoms. The molecule has 1 fully saturated rings. The van der Waals surface area contributed by atoms with Crippen LogP contribution in [0, 0.1) is 0 Å². The topological polar surface area (TPSA) is 63.7 Å². The van der Waals surface area contributed by atoms with E-state index in [9.17, 15) is 14.4 Å². The first-order valence-electron chi connectivity index (χ1n) is 5.35. The molecule has 18 heavy (non-hydrogen) atoms. The fourth-order valence-corrected chi connectivity index (χ4v) is 1.70. The predicted molar refractivity (Wildman–Crippen MR) is 62.5 cm³/mol. The van der Waals surface area contributed by atoms with Crippen molar-refractivity contribution in [1.82, 2.24) is 5.06 Å². The van der Waals surface area contributed by atoms with E-state index in [1.165, 1.54) is 12.1 Å². The lowest BCUT2D eigenvalue weighted by Crippen LogP contribution is -2.32. The van der Waals surface area contributed by atoms with Gasteiger partial charge >= 0.3 is 5.97 Å². The SMILES string of the molecule is O=C(ON1C(=O)CCC1=O)c1ccc(CCl)cc1. The first-order valence-corrected chi connectivity index (χ1v) is 5.88. The van der Waals surface area contributed by atoms with Gasteiger partial charge in [-0.05, 0) is 17.7 Å². The quantitative estimate of drug-likeness (QED) is 0.617. The van der Waals surface area contributed by atoms with Crippen molar-refractivity contribution in [1.29, 1.82) is 0 Å². The van der Waals surface area contributed by atoms with Crippen molar-refractivity contribution in [2.24, 2.45) is 0 Å². The zero-order chi connectivity index (χ0) is 13.1. The van der Waals surface area contributed by atoms with Crippen molar-refractivity contribution in [3.8, 4) is 0 Å². The van der Waals surface area contributed by atoms with Crippen molar-refractivity contribution in [2.75, 3.05) is 0 Å². The monoisotopic (exact) mass is 267 g/mol. The van der Waals surface area contributed by atoms with Crippen molar-refractivity contribution in [3.63, 3.8) is 0 Å². The van der Waals surface area contributed by atoms with Gasteiger partial charge in [-0.1, -0.05) is 12.1 Å². The molecule has 5 nitrogen and oxygen atoms in total. The van der Waals surface area contributed by atoms with Gasteiger partial charge in [0, 0.05) is 18.7 Å². The smallest absolute Gasteiger partial charge is 0.325 e. The molecule has 0 radical (unpaired) electrons. The standard InChI is InChI=1S/C12H10ClNO4/c13-7-8-1-3-9(4-2-8)12(17)18-14-10(15)5-6-11(14)16/h1-4H,5-7H2. The minimum Gasteiger partial charge on any atom is -0.325 e. The first-order chi connectivity index (χ1) is 8.61. The molecule has 0 aliphatic carbocycles. The number of carbonyl (C=O) groups is 3. The molecule has 0 atom stereocenters. The fourth-order valence-electron chi connectivity index (χ4n) is 1.52. The van der Waals surface area contributed by atoms with Gasteiger partial charge in [0.2, 0.25) is 0 Å². The van der Waals surface area contributed by atoms with E-state index >= 15 is 0 Å². The fraction of sp³-hybridized carbons (Fsp3) is 0.250. The van der Waals surface area contributed by atoms with Crippen LogP contribution < -0.4 is 0 Å². The van der Waals surface area contributed by atoms with Gasteiger partial charge in [-0.2, -0.15) is 0 Å². The number of carbonyl (C=O) groups excluding carboxylic acids is 3. The Bertz CT molecular complexity index is 481. The number of imide groups is 1. The van der Waals surface area contributed by atoms with Crippen LogP contribution in [0.5, 0.6) is 0 Å². The number of amides is 2. The third-order valence-corrected chi connectivity index (χ3v) is 2.83. The van der Waals surface area contributed by atoms with Crippen LogP contribution >= 0.6 is 11.6 Å². The number of halogens is 1. The second kappa shape index (κ2) is 5.18. The maximum absolute atomic E-state index is 11.7. The Labute approximate surface area is 108 Å². The Balaban J connectivity index is 2.07. The third kappa shape index (κ3) is 2.51. The molecule has 1 aromatic rings. The molecule has 0 unspecified atom stereocenters. The van der Waals surface area contributed by atoms with Gasteiger partial charge in [-0.3, -0.25) is 9.59 Å². The first kappa shape index (κ1) is 12.6. The van der Waals surface area contributed by atoms with Gasteiger partial charge in [0.25, 0.3) is 11.8 Å². The predicted octanol–water partition coefficient (Wildman–Crippen LogP) is 1.65. The molecular formula is C12H10ClNO4. The van der Waals surface area contributed by atoms with E-state index in [-0.39, 0.29) is 18.4 Å². The molecule has 0 N–H and O–H groups in total. The van der Waals surface area contributed by atoms with E-state index in [4.69, 9.17) is 16.4 Å². The van der Waals surface area contributed by atoms with Crippen LogP contribution in [0.25, 0.3) is 0 Å². The molecule has 1 saturated heterocycles. The summed E-state index contributed by atoms with van der Waals surface area (Å²) in [5, 5.41) is 0.526. The minimum absolute atomic E-state index is 0.0807. The summed E-state index contributed by atoms with van der Waals surface area (Å²) in [4.78, 5) is 39.0. The third-order valence-electron chi connectivity index (χ3n) is 2.52. The minimum atomic E-state index is -0.736. The Morgan fingerprint density at radius 3 is 2.22 bits per heavy atom. The lowest BCUT2D eigenvalue weighted by Gasteiger charge is -2.12. The largest absolute Gasteiger partial charge is 0.363 e. The van der Waals surface area contributed by atoms with Crippen LogP contribution in [-0.2, 0) is 20.3 Å². The average molecular weight is 268 g/mol. The highest BCUT2D eigenvalue weighted by atomic mass is 35.5. The molecule has 2 amide bonds. The number of rotatable bonds is 3. The number of hydrogen-bond acceptors (Lipinski definition) is 4. The summed E-state index contributed by atoms with van der Waals surface area (Å²) in [7, 11) is 0. The highest BCUT2D eigenvalue weighted by Gasteiger charge is 2.33. The average Bonchev–Trinajstić information content (AvgIpc) is 2.70. The number of hydrogen-bond donors (Lipinski definition) is 0.